The monoisotopic (exact) mass is 799 g/mol. The number of esters is 2. The van der Waals surface area contributed by atoms with E-state index >= 15 is 0 Å². The molecule has 4 atom stereocenters. The summed E-state index contributed by atoms with van der Waals surface area (Å²) in [6.07, 6.45) is 37.8. The van der Waals surface area contributed by atoms with Gasteiger partial charge in [0.2, 0.25) is 0 Å². The van der Waals surface area contributed by atoms with E-state index in [0.717, 1.165) is 44.9 Å². The maximum Gasteiger partial charge on any atom is 0.472 e. The number of hydrogen-bond donors (Lipinski definition) is 1. The van der Waals surface area contributed by atoms with Gasteiger partial charge in [-0.2, -0.15) is 0 Å². The Morgan fingerprint density at radius 3 is 1.84 bits per heavy atom. The minimum absolute atomic E-state index is 0.0179. The van der Waals surface area contributed by atoms with E-state index in [9.17, 15) is 19.0 Å². The number of allylic oxidation sites excluding steroid dienone is 5. The highest BCUT2D eigenvalue weighted by Crippen LogP contribution is 2.43. The molecule has 1 aliphatic heterocycles. The zero-order chi connectivity index (χ0) is 40.5. The maximum atomic E-state index is 12.7. The van der Waals surface area contributed by atoms with E-state index in [1.54, 1.807) is 0 Å². The summed E-state index contributed by atoms with van der Waals surface area (Å²) in [6, 6.07) is 0. The number of carbonyl (C=O) groups excluding carboxylic acids is 2. The fourth-order valence-corrected chi connectivity index (χ4v) is 6.78. The van der Waals surface area contributed by atoms with Gasteiger partial charge in [-0.25, -0.2) is 4.57 Å². The zero-order valence-corrected chi connectivity index (χ0v) is 36.5. The fraction of sp³-hybridized carbons (Fsp3) is 0.818. The van der Waals surface area contributed by atoms with Crippen LogP contribution in [0.4, 0.5) is 0 Å². The summed E-state index contributed by atoms with van der Waals surface area (Å²) in [7, 11) is 1.43. The SMILES string of the molecule is CCCCC/C=C\C/C=C\C/C=C\CC1OC1CCCC(=O)O[C@H](COC(=O)CCCCCCCCCCCCCCC)COP(=O)(O)OCC[N+](C)(C)C. The number of rotatable bonds is 38. The van der Waals surface area contributed by atoms with Crippen LogP contribution in [0.5, 0.6) is 0 Å². The predicted octanol–water partition coefficient (Wildman–Crippen LogP) is 11.1. The van der Waals surface area contributed by atoms with E-state index in [0.29, 0.717) is 17.4 Å². The van der Waals surface area contributed by atoms with Crippen molar-refractivity contribution < 1.29 is 46.8 Å². The fourth-order valence-electron chi connectivity index (χ4n) is 6.04. The van der Waals surface area contributed by atoms with Gasteiger partial charge in [-0.3, -0.25) is 18.6 Å². The normalized spacial score (nSPS) is 17.6. The standard InChI is InChI=1S/C44H80NO9P/c1-6-8-10-12-14-16-18-20-22-24-26-28-30-34-43(46)50-38-40(39-52-55(48,49)51-37-36-45(3,4)5)53-44(47)35-31-33-42-41(54-42)32-29-27-25-23-21-19-17-15-13-11-9-7-2/h15,17,21,23,27,29,40-42H,6-14,16,18-20,22,24-26,28,30-39H2,1-5H3/p+1/b17-15-,23-21-,29-27-/t40-,41?,42?/m1/s1. The number of ether oxygens (including phenoxy) is 3. The molecule has 0 spiro atoms. The molecule has 3 unspecified atom stereocenters. The average Bonchev–Trinajstić information content (AvgIpc) is 3.88. The number of unbranched alkanes of at least 4 members (excludes halogenated alkanes) is 15. The molecule has 320 valence electrons. The molecule has 0 aromatic rings. The molecule has 0 saturated carbocycles. The molecule has 1 heterocycles. The van der Waals surface area contributed by atoms with E-state index in [4.69, 9.17) is 23.3 Å². The third kappa shape index (κ3) is 34.0. The third-order valence-electron chi connectivity index (χ3n) is 9.60. The lowest BCUT2D eigenvalue weighted by Gasteiger charge is -2.24. The molecule has 0 amide bonds. The highest BCUT2D eigenvalue weighted by atomic mass is 31.2. The Hall–Kier alpha value is -1.81. The van der Waals surface area contributed by atoms with Gasteiger partial charge in [-0.05, 0) is 51.4 Å². The van der Waals surface area contributed by atoms with Gasteiger partial charge in [0, 0.05) is 12.8 Å². The number of phosphoric ester groups is 1. The summed E-state index contributed by atoms with van der Waals surface area (Å²) < 4.78 is 40.1. The zero-order valence-electron chi connectivity index (χ0n) is 35.6. The van der Waals surface area contributed by atoms with Gasteiger partial charge >= 0.3 is 19.8 Å². The smallest absolute Gasteiger partial charge is 0.462 e. The van der Waals surface area contributed by atoms with Gasteiger partial charge in [0.25, 0.3) is 0 Å². The quantitative estimate of drug-likeness (QED) is 0.0162. The second kappa shape index (κ2) is 33.2. The molecule has 1 saturated heterocycles. The molecule has 1 aliphatic rings. The minimum Gasteiger partial charge on any atom is -0.462 e. The first-order chi connectivity index (χ1) is 26.5. The second-order valence-corrected chi connectivity index (χ2v) is 17.6. The van der Waals surface area contributed by atoms with Crippen molar-refractivity contribution in [3.8, 4) is 0 Å². The number of nitrogens with zero attached hydrogens (tertiary/aromatic N) is 1. The number of epoxide rings is 1. The maximum absolute atomic E-state index is 12.7. The first kappa shape index (κ1) is 51.2. The molecule has 1 N–H and O–H groups in total. The Kier molecular flexibility index (Phi) is 30.9. The van der Waals surface area contributed by atoms with Crippen molar-refractivity contribution in [1.82, 2.24) is 0 Å². The van der Waals surface area contributed by atoms with Crippen LogP contribution < -0.4 is 0 Å². The lowest BCUT2D eigenvalue weighted by molar-refractivity contribution is -0.870. The Bertz CT molecular complexity index is 1100. The van der Waals surface area contributed by atoms with Crippen LogP contribution in [0.25, 0.3) is 0 Å². The first-order valence-electron chi connectivity index (χ1n) is 21.8. The molecule has 0 aromatic heterocycles. The van der Waals surface area contributed by atoms with Crippen molar-refractivity contribution in [2.24, 2.45) is 0 Å². The Balaban J connectivity index is 2.35. The summed E-state index contributed by atoms with van der Waals surface area (Å²) in [6.45, 7) is 4.30. The van der Waals surface area contributed by atoms with Gasteiger partial charge in [0.05, 0.1) is 40.0 Å². The number of likely N-dealkylation sites (N-methyl/N-ethyl adjacent to an activating group) is 1. The van der Waals surface area contributed by atoms with Gasteiger partial charge in [-0.1, -0.05) is 140 Å². The van der Waals surface area contributed by atoms with Gasteiger partial charge < -0.3 is 23.6 Å². The summed E-state index contributed by atoms with van der Waals surface area (Å²) in [5.74, 6) is -0.873. The van der Waals surface area contributed by atoms with Crippen LogP contribution >= 0.6 is 7.82 Å². The van der Waals surface area contributed by atoms with Crippen LogP contribution in [0.15, 0.2) is 36.5 Å². The molecular weight excluding hydrogens is 717 g/mol. The highest BCUT2D eigenvalue weighted by Gasteiger charge is 2.37. The largest absolute Gasteiger partial charge is 0.472 e. The van der Waals surface area contributed by atoms with E-state index < -0.39 is 26.5 Å². The van der Waals surface area contributed by atoms with E-state index in [2.05, 4.69) is 50.3 Å². The van der Waals surface area contributed by atoms with E-state index in [1.807, 2.05) is 21.1 Å². The molecule has 1 rings (SSSR count). The van der Waals surface area contributed by atoms with Crippen molar-refractivity contribution in [3.63, 3.8) is 0 Å². The van der Waals surface area contributed by atoms with E-state index in [1.165, 1.54) is 89.9 Å². The topological polar surface area (TPSA) is 121 Å². The van der Waals surface area contributed by atoms with Crippen LogP contribution in [0.1, 0.15) is 168 Å². The minimum atomic E-state index is -4.40. The van der Waals surface area contributed by atoms with Crippen LogP contribution in [-0.2, 0) is 37.4 Å². The van der Waals surface area contributed by atoms with Crippen LogP contribution in [0, 0.1) is 0 Å². The Morgan fingerprint density at radius 2 is 1.22 bits per heavy atom. The van der Waals surface area contributed by atoms with E-state index in [-0.39, 0.29) is 44.2 Å². The predicted molar refractivity (Wildman–Crippen MR) is 224 cm³/mol. The Morgan fingerprint density at radius 1 is 0.673 bits per heavy atom. The average molecular weight is 799 g/mol. The molecule has 11 heteroatoms. The van der Waals surface area contributed by atoms with Crippen molar-refractivity contribution in [2.75, 3.05) is 47.5 Å². The van der Waals surface area contributed by atoms with Crippen molar-refractivity contribution in [1.29, 1.82) is 0 Å². The summed E-state index contributed by atoms with van der Waals surface area (Å²) in [5.41, 5.74) is 0. The van der Waals surface area contributed by atoms with Gasteiger partial charge in [-0.15, -0.1) is 0 Å². The Labute approximate surface area is 336 Å². The molecule has 1 fully saturated rings. The van der Waals surface area contributed by atoms with Crippen molar-refractivity contribution in [3.05, 3.63) is 36.5 Å². The van der Waals surface area contributed by atoms with Gasteiger partial charge in [0.15, 0.2) is 6.10 Å². The lowest BCUT2D eigenvalue weighted by Crippen LogP contribution is -2.37. The number of quaternary nitrogens is 1. The molecule has 0 bridgehead atoms. The van der Waals surface area contributed by atoms with Crippen molar-refractivity contribution in [2.45, 2.75) is 186 Å². The molecule has 55 heavy (non-hydrogen) atoms. The molecular formula is C44H81NO9P+. The molecule has 0 radical (unpaired) electrons. The highest BCUT2D eigenvalue weighted by molar-refractivity contribution is 7.47. The number of hydrogen-bond acceptors (Lipinski definition) is 8. The summed E-state index contributed by atoms with van der Waals surface area (Å²) >= 11 is 0. The van der Waals surface area contributed by atoms with Crippen LogP contribution in [0.3, 0.4) is 0 Å². The second-order valence-electron chi connectivity index (χ2n) is 16.1. The van der Waals surface area contributed by atoms with Crippen LogP contribution in [-0.4, -0.2) is 87.1 Å². The van der Waals surface area contributed by atoms with Crippen LogP contribution in [0.2, 0.25) is 0 Å². The third-order valence-corrected chi connectivity index (χ3v) is 10.6. The number of carbonyl (C=O) groups is 2. The molecule has 0 aromatic carbocycles. The lowest BCUT2D eigenvalue weighted by atomic mass is 10.0. The van der Waals surface area contributed by atoms with Crippen molar-refractivity contribution >= 4 is 19.8 Å². The summed E-state index contributed by atoms with van der Waals surface area (Å²) in [4.78, 5) is 35.4. The molecule has 10 nitrogen and oxygen atoms in total. The molecule has 0 aliphatic carbocycles. The van der Waals surface area contributed by atoms with Gasteiger partial charge in [0.1, 0.15) is 19.8 Å². The first-order valence-corrected chi connectivity index (χ1v) is 23.3. The number of phosphoric acid groups is 1. The summed E-state index contributed by atoms with van der Waals surface area (Å²) in [5, 5.41) is 0.